The molecule has 0 radical (unpaired) electrons. The Morgan fingerprint density at radius 3 is 2.31 bits per heavy atom. The van der Waals surface area contributed by atoms with E-state index in [0.29, 0.717) is 0 Å². The van der Waals surface area contributed by atoms with E-state index in [0.717, 1.165) is 16.8 Å². The summed E-state index contributed by atoms with van der Waals surface area (Å²) in [5.74, 6) is 0. The van der Waals surface area contributed by atoms with Crippen molar-refractivity contribution in [2.45, 2.75) is 20.8 Å². The van der Waals surface area contributed by atoms with Crippen molar-refractivity contribution in [2.75, 3.05) is 19.2 Å². The van der Waals surface area contributed by atoms with E-state index in [9.17, 15) is 4.79 Å². The van der Waals surface area contributed by atoms with Crippen molar-refractivity contribution >= 4 is 11.7 Å². The van der Waals surface area contributed by atoms with Gasteiger partial charge < -0.3 is 15.4 Å². The summed E-state index contributed by atoms with van der Waals surface area (Å²) in [7, 11) is 1.53. The standard InChI is InChI=1S/C12H18N2O2/c1-8-5-9(2)11(10(3)6-8)14-12(15)13-7-16-4/h5-6H,7H2,1-4H3,(H2,13,14,15). The fraction of sp³-hybridized carbons (Fsp3) is 0.417. The number of rotatable bonds is 3. The van der Waals surface area contributed by atoms with Crippen molar-refractivity contribution in [1.82, 2.24) is 5.32 Å². The summed E-state index contributed by atoms with van der Waals surface area (Å²) in [4.78, 5) is 11.5. The number of amides is 2. The third kappa shape index (κ3) is 3.24. The van der Waals surface area contributed by atoms with Crippen LogP contribution in [0.1, 0.15) is 16.7 Å². The average Bonchev–Trinajstić information content (AvgIpc) is 2.20. The lowest BCUT2D eigenvalue weighted by Gasteiger charge is -2.13. The highest BCUT2D eigenvalue weighted by molar-refractivity contribution is 5.90. The Kier molecular flexibility index (Phi) is 4.31. The molecule has 0 heterocycles. The van der Waals surface area contributed by atoms with Crippen LogP contribution >= 0.6 is 0 Å². The molecule has 0 aliphatic heterocycles. The lowest BCUT2D eigenvalue weighted by Crippen LogP contribution is -2.30. The van der Waals surface area contributed by atoms with Crippen molar-refractivity contribution in [3.05, 3.63) is 28.8 Å². The minimum atomic E-state index is -0.253. The Bertz CT molecular complexity index is 366. The zero-order chi connectivity index (χ0) is 12.1. The predicted molar refractivity (Wildman–Crippen MR) is 64.7 cm³/mol. The molecule has 88 valence electrons. The second-order valence-corrected chi connectivity index (χ2v) is 3.84. The number of aryl methyl sites for hydroxylation is 3. The summed E-state index contributed by atoms with van der Waals surface area (Å²) in [5.41, 5.74) is 4.17. The van der Waals surface area contributed by atoms with E-state index >= 15 is 0 Å². The molecule has 1 rings (SSSR count). The number of anilines is 1. The van der Waals surface area contributed by atoms with Crippen LogP contribution in [0.2, 0.25) is 0 Å². The van der Waals surface area contributed by atoms with E-state index in [-0.39, 0.29) is 12.8 Å². The highest BCUT2D eigenvalue weighted by Gasteiger charge is 2.07. The van der Waals surface area contributed by atoms with Crippen LogP contribution in [-0.2, 0) is 4.74 Å². The van der Waals surface area contributed by atoms with Crippen LogP contribution < -0.4 is 10.6 Å². The van der Waals surface area contributed by atoms with Gasteiger partial charge in [0, 0.05) is 12.8 Å². The molecular formula is C12H18N2O2. The molecule has 16 heavy (non-hydrogen) atoms. The minimum absolute atomic E-state index is 0.204. The van der Waals surface area contributed by atoms with E-state index in [1.807, 2.05) is 32.9 Å². The van der Waals surface area contributed by atoms with Crippen molar-refractivity contribution in [3.8, 4) is 0 Å². The summed E-state index contributed by atoms with van der Waals surface area (Å²) < 4.78 is 4.76. The molecule has 2 amide bonds. The first-order chi connectivity index (χ1) is 7.54. The van der Waals surface area contributed by atoms with Gasteiger partial charge >= 0.3 is 6.03 Å². The van der Waals surface area contributed by atoms with Crippen molar-refractivity contribution < 1.29 is 9.53 Å². The molecule has 0 unspecified atom stereocenters. The normalized spacial score (nSPS) is 10.0. The molecule has 0 aliphatic carbocycles. The maximum Gasteiger partial charge on any atom is 0.321 e. The van der Waals surface area contributed by atoms with Gasteiger partial charge in [-0.15, -0.1) is 0 Å². The SMILES string of the molecule is COCNC(=O)Nc1c(C)cc(C)cc1C. The molecule has 4 nitrogen and oxygen atoms in total. The first-order valence-corrected chi connectivity index (χ1v) is 5.16. The number of benzene rings is 1. The van der Waals surface area contributed by atoms with Crippen LogP contribution in [0.4, 0.5) is 10.5 Å². The second-order valence-electron chi connectivity index (χ2n) is 3.84. The Balaban J connectivity index is 2.77. The van der Waals surface area contributed by atoms with Gasteiger partial charge in [0.2, 0.25) is 0 Å². The lowest BCUT2D eigenvalue weighted by atomic mass is 10.1. The number of methoxy groups -OCH3 is 1. The molecule has 0 bridgehead atoms. The number of urea groups is 1. The summed E-state index contributed by atoms with van der Waals surface area (Å²) in [6.07, 6.45) is 0. The third-order valence-corrected chi connectivity index (χ3v) is 2.29. The number of hydrogen-bond acceptors (Lipinski definition) is 2. The largest absolute Gasteiger partial charge is 0.364 e. The highest BCUT2D eigenvalue weighted by atomic mass is 16.5. The van der Waals surface area contributed by atoms with Gasteiger partial charge in [-0.25, -0.2) is 4.79 Å². The molecule has 0 aromatic heterocycles. The number of nitrogens with one attached hydrogen (secondary N) is 2. The summed E-state index contributed by atoms with van der Waals surface area (Å²) in [5, 5.41) is 5.39. The third-order valence-electron chi connectivity index (χ3n) is 2.29. The molecule has 2 N–H and O–H groups in total. The second kappa shape index (κ2) is 5.51. The van der Waals surface area contributed by atoms with Crippen LogP contribution in [-0.4, -0.2) is 19.9 Å². The molecule has 0 fully saturated rings. The van der Waals surface area contributed by atoms with Gasteiger partial charge in [-0.1, -0.05) is 17.7 Å². The number of carbonyl (C=O) groups excluding carboxylic acids is 1. The first kappa shape index (κ1) is 12.5. The van der Waals surface area contributed by atoms with Gasteiger partial charge in [0.05, 0.1) is 0 Å². The monoisotopic (exact) mass is 222 g/mol. The van der Waals surface area contributed by atoms with Gasteiger partial charge in [-0.2, -0.15) is 0 Å². The van der Waals surface area contributed by atoms with Crippen molar-refractivity contribution in [3.63, 3.8) is 0 Å². The smallest absolute Gasteiger partial charge is 0.321 e. The number of hydrogen-bond donors (Lipinski definition) is 2. The zero-order valence-corrected chi connectivity index (χ0v) is 10.2. The lowest BCUT2D eigenvalue weighted by molar-refractivity contribution is 0.177. The summed E-state index contributed by atoms with van der Waals surface area (Å²) in [6.45, 7) is 6.20. The Morgan fingerprint density at radius 2 is 1.81 bits per heavy atom. The fourth-order valence-electron chi connectivity index (χ4n) is 1.67. The maximum absolute atomic E-state index is 11.5. The predicted octanol–water partition coefficient (Wildman–Crippen LogP) is 2.34. The first-order valence-electron chi connectivity index (χ1n) is 5.16. The zero-order valence-electron chi connectivity index (χ0n) is 10.2. The topological polar surface area (TPSA) is 50.4 Å². The summed E-state index contributed by atoms with van der Waals surface area (Å²) in [6, 6.07) is 3.83. The van der Waals surface area contributed by atoms with Crippen LogP contribution in [0.5, 0.6) is 0 Å². The van der Waals surface area contributed by atoms with Gasteiger partial charge in [0.15, 0.2) is 0 Å². The molecule has 0 saturated carbocycles. The van der Waals surface area contributed by atoms with Gasteiger partial charge in [-0.3, -0.25) is 0 Å². The fourth-order valence-corrected chi connectivity index (χ4v) is 1.67. The average molecular weight is 222 g/mol. The maximum atomic E-state index is 11.5. The van der Waals surface area contributed by atoms with E-state index in [1.165, 1.54) is 12.7 Å². The van der Waals surface area contributed by atoms with Gasteiger partial charge in [0.25, 0.3) is 0 Å². The number of ether oxygens (including phenoxy) is 1. The Labute approximate surface area is 96.0 Å². The van der Waals surface area contributed by atoms with E-state index in [4.69, 9.17) is 4.74 Å². The molecule has 0 spiro atoms. The molecule has 1 aromatic carbocycles. The number of carbonyl (C=O) groups is 1. The quantitative estimate of drug-likeness (QED) is 0.771. The molecule has 0 aliphatic rings. The van der Waals surface area contributed by atoms with Crippen molar-refractivity contribution in [1.29, 1.82) is 0 Å². The highest BCUT2D eigenvalue weighted by Crippen LogP contribution is 2.21. The van der Waals surface area contributed by atoms with Crippen molar-refractivity contribution in [2.24, 2.45) is 0 Å². The molecule has 1 aromatic rings. The molecule has 0 saturated heterocycles. The molecular weight excluding hydrogens is 204 g/mol. The molecule has 0 atom stereocenters. The Hall–Kier alpha value is -1.55. The summed E-state index contributed by atoms with van der Waals surface area (Å²) >= 11 is 0. The van der Waals surface area contributed by atoms with Crippen LogP contribution in [0.3, 0.4) is 0 Å². The van der Waals surface area contributed by atoms with E-state index in [1.54, 1.807) is 0 Å². The van der Waals surface area contributed by atoms with Gasteiger partial charge in [-0.05, 0) is 31.9 Å². The van der Waals surface area contributed by atoms with Crippen LogP contribution in [0.25, 0.3) is 0 Å². The van der Waals surface area contributed by atoms with Crippen LogP contribution in [0.15, 0.2) is 12.1 Å². The Morgan fingerprint density at radius 1 is 1.25 bits per heavy atom. The van der Waals surface area contributed by atoms with Crippen LogP contribution in [0, 0.1) is 20.8 Å². The van der Waals surface area contributed by atoms with E-state index in [2.05, 4.69) is 10.6 Å². The van der Waals surface area contributed by atoms with Gasteiger partial charge in [0.1, 0.15) is 6.73 Å². The molecule has 4 heteroatoms. The van der Waals surface area contributed by atoms with E-state index < -0.39 is 0 Å². The minimum Gasteiger partial charge on any atom is -0.364 e.